The van der Waals surface area contributed by atoms with Gasteiger partial charge in [-0.2, -0.15) is 0 Å². The lowest BCUT2D eigenvalue weighted by Crippen LogP contribution is -2.02. The third-order valence-electron chi connectivity index (χ3n) is 4.00. The quantitative estimate of drug-likeness (QED) is 0.748. The Balaban J connectivity index is 2.32. The first kappa shape index (κ1) is 16.0. The van der Waals surface area contributed by atoms with E-state index < -0.39 is 5.97 Å². The van der Waals surface area contributed by atoms with Crippen LogP contribution >= 0.6 is 0 Å². The predicted molar refractivity (Wildman–Crippen MR) is 94.7 cm³/mol. The van der Waals surface area contributed by atoms with E-state index in [0.717, 1.165) is 23.1 Å². The molecule has 3 rings (SSSR count). The summed E-state index contributed by atoms with van der Waals surface area (Å²) in [5, 5.41) is 10.3. The highest BCUT2D eigenvalue weighted by Crippen LogP contribution is 2.32. The number of hydrogen-bond donors (Lipinski definition) is 1. The fraction of sp³-hybridized carbons (Fsp3) is 0.200. The van der Waals surface area contributed by atoms with Crippen LogP contribution in [0.15, 0.2) is 48.5 Å². The molecule has 0 amide bonds. The Morgan fingerprint density at radius 3 is 2.62 bits per heavy atom. The molecule has 0 atom stereocenters. The van der Waals surface area contributed by atoms with Crippen LogP contribution < -0.4 is 4.74 Å². The number of rotatable bonds is 5. The molecule has 0 aliphatic rings. The Bertz CT molecular complexity index is 903. The monoisotopic (exact) mass is 321 g/mol. The topological polar surface area (TPSA) is 59.4 Å². The molecule has 0 aliphatic carbocycles. The maximum Gasteiger partial charge on any atom is 0.336 e. The van der Waals surface area contributed by atoms with E-state index in [9.17, 15) is 9.90 Å². The fourth-order valence-electron chi connectivity index (χ4n) is 2.87. The summed E-state index contributed by atoms with van der Waals surface area (Å²) in [6, 6.07) is 14.9. The van der Waals surface area contributed by atoms with Gasteiger partial charge in [-0.05, 0) is 37.1 Å². The Kier molecular flexibility index (Phi) is 4.47. The zero-order chi connectivity index (χ0) is 17.1. The highest BCUT2D eigenvalue weighted by molar-refractivity contribution is 6.04. The van der Waals surface area contributed by atoms with Gasteiger partial charge in [0.1, 0.15) is 5.75 Å². The van der Waals surface area contributed by atoms with E-state index >= 15 is 0 Å². The van der Waals surface area contributed by atoms with Crippen LogP contribution in [0.5, 0.6) is 5.75 Å². The molecule has 1 aromatic heterocycles. The Morgan fingerprint density at radius 1 is 1.12 bits per heavy atom. The normalized spacial score (nSPS) is 10.8. The number of benzene rings is 2. The largest absolute Gasteiger partial charge is 0.493 e. The summed E-state index contributed by atoms with van der Waals surface area (Å²) < 4.78 is 5.67. The molecule has 1 N–H and O–H groups in total. The summed E-state index contributed by atoms with van der Waals surface area (Å²) >= 11 is 0. The van der Waals surface area contributed by atoms with Crippen molar-refractivity contribution < 1.29 is 14.6 Å². The van der Waals surface area contributed by atoms with Crippen LogP contribution in [0.3, 0.4) is 0 Å². The Hall–Kier alpha value is -2.88. The van der Waals surface area contributed by atoms with E-state index in [-0.39, 0.29) is 5.56 Å². The molecule has 0 radical (unpaired) electrons. The zero-order valence-electron chi connectivity index (χ0n) is 13.7. The molecule has 0 bridgehead atoms. The summed E-state index contributed by atoms with van der Waals surface area (Å²) in [5.74, 6) is -0.247. The van der Waals surface area contributed by atoms with Crippen molar-refractivity contribution in [3.05, 3.63) is 59.7 Å². The average molecular weight is 321 g/mol. The van der Waals surface area contributed by atoms with Gasteiger partial charge in [0.2, 0.25) is 0 Å². The van der Waals surface area contributed by atoms with Gasteiger partial charge in [-0.15, -0.1) is 0 Å². The van der Waals surface area contributed by atoms with Crippen molar-refractivity contribution in [2.75, 3.05) is 6.61 Å². The maximum atomic E-state index is 11.7. The SMILES string of the molecule is CCOc1ccccc1-c1cc(C(=O)O)c2cccc(CC)c2n1. The third-order valence-corrected chi connectivity index (χ3v) is 4.00. The second kappa shape index (κ2) is 6.71. The highest BCUT2D eigenvalue weighted by atomic mass is 16.5. The lowest BCUT2D eigenvalue weighted by atomic mass is 10.0. The van der Waals surface area contributed by atoms with Crippen molar-refractivity contribution in [2.45, 2.75) is 20.3 Å². The number of para-hydroxylation sites is 2. The van der Waals surface area contributed by atoms with Crippen molar-refractivity contribution in [1.29, 1.82) is 0 Å². The molecule has 4 nitrogen and oxygen atoms in total. The highest BCUT2D eigenvalue weighted by Gasteiger charge is 2.16. The summed E-state index contributed by atoms with van der Waals surface area (Å²) in [6.45, 7) is 4.50. The van der Waals surface area contributed by atoms with Crippen LogP contribution in [0.2, 0.25) is 0 Å². The van der Waals surface area contributed by atoms with E-state index in [1.807, 2.05) is 56.3 Å². The zero-order valence-corrected chi connectivity index (χ0v) is 13.7. The third kappa shape index (κ3) is 2.83. The molecule has 1 heterocycles. The van der Waals surface area contributed by atoms with Crippen molar-refractivity contribution in [3.8, 4) is 17.0 Å². The van der Waals surface area contributed by atoms with Crippen molar-refractivity contribution >= 4 is 16.9 Å². The predicted octanol–water partition coefficient (Wildman–Crippen LogP) is 4.56. The van der Waals surface area contributed by atoms with Gasteiger partial charge in [0.05, 0.1) is 23.4 Å². The molecule has 3 aromatic rings. The van der Waals surface area contributed by atoms with E-state index in [4.69, 9.17) is 9.72 Å². The average Bonchev–Trinajstić information content (AvgIpc) is 2.61. The lowest BCUT2D eigenvalue weighted by molar-refractivity contribution is 0.0699. The van der Waals surface area contributed by atoms with Gasteiger partial charge in [0.25, 0.3) is 0 Å². The van der Waals surface area contributed by atoms with Gasteiger partial charge in [-0.3, -0.25) is 0 Å². The molecule has 0 aliphatic heterocycles. The molecule has 0 saturated heterocycles. The maximum absolute atomic E-state index is 11.7. The smallest absolute Gasteiger partial charge is 0.336 e. The van der Waals surface area contributed by atoms with E-state index in [2.05, 4.69) is 0 Å². The van der Waals surface area contributed by atoms with Crippen LogP contribution in [0.25, 0.3) is 22.2 Å². The minimum atomic E-state index is -0.953. The molecule has 0 fully saturated rings. The summed E-state index contributed by atoms with van der Waals surface area (Å²) in [4.78, 5) is 16.5. The van der Waals surface area contributed by atoms with Crippen LogP contribution in [0.4, 0.5) is 0 Å². The first-order chi connectivity index (χ1) is 11.7. The van der Waals surface area contributed by atoms with Gasteiger partial charge in [0.15, 0.2) is 0 Å². The minimum absolute atomic E-state index is 0.261. The molecule has 0 saturated carbocycles. The van der Waals surface area contributed by atoms with Crippen LogP contribution in [-0.4, -0.2) is 22.7 Å². The second-order valence-corrected chi connectivity index (χ2v) is 5.46. The number of carboxylic acids is 1. The summed E-state index contributed by atoms with van der Waals surface area (Å²) in [7, 11) is 0. The molecule has 24 heavy (non-hydrogen) atoms. The standard InChI is InChI=1S/C20H19NO3/c1-3-13-8-7-10-14-16(20(22)23)12-17(21-19(13)14)15-9-5-6-11-18(15)24-4-2/h5-12H,3-4H2,1-2H3,(H,22,23). The number of pyridine rings is 1. The molecule has 2 aromatic carbocycles. The van der Waals surface area contributed by atoms with Crippen LogP contribution in [0.1, 0.15) is 29.8 Å². The van der Waals surface area contributed by atoms with Crippen molar-refractivity contribution in [2.24, 2.45) is 0 Å². The molecular weight excluding hydrogens is 302 g/mol. The van der Waals surface area contributed by atoms with Crippen LogP contribution in [0, 0.1) is 0 Å². The van der Waals surface area contributed by atoms with Crippen LogP contribution in [-0.2, 0) is 6.42 Å². The van der Waals surface area contributed by atoms with Crippen molar-refractivity contribution in [3.63, 3.8) is 0 Å². The molecular formula is C20H19NO3. The number of aryl methyl sites for hydroxylation is 1. The molecule has 4 heteroatoms. The number of carbonyl (C=O) groups is 1. The van der Waals surface area contributed by atoms with Gasteiger partial charge in [0, 0.05) is 10.9 Å². The molecule has 0 unspecified atom stereocenters. The van der Waals surface area contributed by atoms with Gasteiger partial charge >= 0.3 is 5.97 Å². The molecule has 122 valence electrons. The summed E-state index contributed by atoms with van der Waals surface area (Å²) in [5.41, 5.74) is 3.45. The second-order valence-electron chi connectivity index (χ2n) is 5.46. The lowest BCUT2D eigenvalue weighted by Gasteiger charge is -2.13. The van der Waals surface area contributed by atoms with Gasteiger partial charge < -0.3 is 9.84 Å². The summed E-state index contributed by atoms with van der Waals surface area (Å²) in [6.07, 6.45) is 0.792. The van der Waals surface area contributed by atoms with Crippen molar-refractivity contribution in [1.82, 2.24) is 4.98 Å². The number of carboxylic acid groups (broad SMARTS) is 1. The van der Waals surface area contributed by atoms with E-state index in [1.165, 1.54) is 0 Å². The first-order valence-corrected chi connectivity index (χ1v) is 8.03. The number of nitrogens with zero attached hydrogens (tertiary/aromatic N) is 1. The minimum Gasteiger partial charge on any atom is -0.493 e. The Labute approximate surface area is 140 Å². The molecule has 0 spiro atoms. The number of aromatic nitrogens is 1. The number of hydrogen-bond acceptors (Lipinski definition) is 3. The van der Waals surface area contributed by atoms with E-state index in [0.29, 0.717) is 23.4 Å². The van der Waals surface area contributed by atoms with E-state index in [1.54, 1.807) is 6.07 Å². The first-order valence-electron chi connectivity index (χ1n) is 8.03. The Morgan fingerprint density at radius 2 is 1.92 bits per heavy atom. The number of aromatic carboxylic acids is 1. The van der Waals surface area contributed by atoms with Gasteiger partial charge in [-0.25, -0.2) is 9.78 Å². The number of fused-ring (bicyclic) bond motifs is 1. The van der Waals surface area contributed by atoms with Gasteiger partial charge in [-0.1, -0.05) is 37.3 Å². The number of ether oxygens (including phenoxy) is 1. The fourth-order valence-corrected chi connectivity index (χ4v) is 2.87.